The molecule has 33 heavy (non-hydrogen) atoms. The highest BCUT2D eigenvalue weighted by molar-refractivity contribution is 6.43. The fourth-order valence-corrected chi connectivity index (χ4v) is 3.24. The molecule has 0 unspecified atom stereocenters. The minimum Gasteiger partial charge on any atom is -0.459 e. The molecule has 0 aliphatic carbocycles. The average molecular weight is 493 g/mol. The molecule has 0 radical (unpaired) electrons. The standard InChI is InChI=1S/C22H18Cl2N2O7/c1-11(2)33-22(31)12-3-5-13(6-4-12)25-18(27)10-32-19(28)9-26-20(29)14-7-16(23)17(24)8-15(14)21(26)30/h3-8,11H,9-10H2,1-2H3,(H,25,27). The Morgan fingerprint density at radius 1 is 0.970 bits per heavy atom. The van der Waals surface area contributed by atoms with Gasteiger partial charge >= 0.3 is 11.9 Å². The number of benzene rings is 2. The third-order valence-electron chi connectivity index (χ3n) is 4.41. The van der Waals surface area contributed by atoms with E-state index in [1.165, 1.54) is 36.4 Å². The van der Waals surface area contributed by atoms with E-state index in [0.717, 1.165) is 0 Å². The van der Waals surface area contributed by atoms with Crippen LogP contribution in [0.4, 0.5) is 5.69 Å². The quantitative estimate of drug-likeness (QED) is 0.464. The number of carbonyl (C=O) groups is 5. The van der Waals surface area contributed by atoms with E-state index in [4.69, 9.17) is 32.7 Å². The van der Waals surface area contributed by atoms with E-state index in [9.17, 15) is 24.0 Å². The van der Waals surface area contributed by atoms with Crippen molar-refractivity contribution >= 4 is 58.5 Å². The van der Waals surface area contributed by atoms with Crippen molar-refractivity contribution < 1.29 is 33.4 Å². The fraction of sp³-hybridized carbons (Fsp3) is 0.227. The Hall–Kier alpha value is -3.43. The third kappa shape index (κ3) is 5.68. The van der Waals surface area contributed by atoms with Gasteiger partial charge in [-0.1, -0.05) is 23.2 Å². The van der Waals surface area contributed by atoms with Crippen molar-refractivity contribution in [3.63, 3.8) is 0 Å². The molecule has 0 saturated carbocycles. The SMILES string of the molecule is CC(C)OC(=O)c1ccc(NC(=O)COC(=O)CN2C(=O)c3cc(Cl)c(Cl)cc3C2=O)cc1. The van der Waals surface area contributed by atoms with E-state index in [1.807, 2.05) is 0 Å². The topological polar surface area (TPSA) is 119 Å². The van der Waals surface area contributed by atoms with Crippen LogP contribution in [-0.4, -0.2) is 53.8 Å². The van der Waals surface area contributed by atoms with E-state index in [-0.39, 0.29) is 27.3 Å². The number of esters is 2. The number of amides is 3. The number of hydrogen-bond donors (Lipinski definition) is 1. The largest absolute Gasteiger partial charge is 0.459 e. The Bertz CT molecular complexity index is 1110. The van der Waals surface area contributed by atoms with Crippen LogP contribution in [0.5, 0.6) is 0 Å². The van der Waals surface area contributed by atoms with Crippen LogP contribution in [-0.2, 0) is 19.1 Å². The molecule has 0 atom stereocenters. The van der Waals surface area contributed by atoms with Crippen LogP contribution in [0.1, 0.15) is 44.9 Å². The molecule has 0 spiro atoms. The molecule has 11 heteroatoms. The third-order valence-corrected chi connectivity index (χ3v) is 5.13. The number of imide groups is 1. The molecule has 3 rings (SSSR count). The molecular formula is C22H18Cl2N2O7. The highest BCUT2D eigenvalue weighted by atomic mass is 35.5. The summed E-state index contributed by atoms with van der Waals surface area (Å²) in [7, 11) is 0. The number of nitrogens with zero attached hydrogens (tertiary/aromatic N) is 1. The van der Waals surface area contributed by atoms with Crippen LogP contribution in [0.3, 0.4) is 0 Å². The lowest BCUT2D eigenvalue weighted by Crippen LogP contribution is -2.36. The lowest BCUT2D eigenvalue weighted by Gasteiger charge is -2.13. The number of hydrogen-bond acceptors (Lipinski definition) is 7. The van der Waals surface area contributed by atoms with Gasteiger partial charge in [-0.15, -0.1) is 0 Å². The first-order valence-corrected chi connectivity index (χ1v) is 10.4. The van der Waals surface area contributed by atoms with Gasteiger partial charge in [0.15, 0.2) is 6.61 Å². The van der Waals surface area contributed by atoms with E-state index in [2.05, 4.69) is 5.32 Å². The second-order valence-corrected chi connectivity index (χ2v) is 8.06. The molecule has 1 heterocycles. The number of rotatable bonds is 7. The average Bonchev–Trinajstić information content (AvgIpc) is 2.97. The maximum absolute atomic E-state index is 12.4. The van der Waals surface area contributed by atoms with Crippen LogP contribution >= 0.6 is 23.2 Å². The van der Waals surface area contributed by atoms with Gasteiger partial charge in [-0.25, -0.2) is 4.79 Å². The van der Waals surface area contributed by atoms with Gasteiger partial charge in [0, 0.05) is 5.69 Å². The molecule has 0 saturated heterocycles. The highest BCUT2D eigenvalue weighted by Gasteiger charge is 2.37. The first-order chi connectivity index (χ1) is 15.6. The molecule has 172 valence electrons. The van der Waals surface area contributed by atoms with Crippen LogP contribution in [0.15, 0.2) is 36.4 Å². The van der Waals surface area contributed by atoms with E-state index < -0.39 is 42.8 Å². The molecular weight excluding hydrogens is 475 g/mol. The van der Waals surface area contributed by atoms with Crippen molar-refractivity contribution in [3.05, 3.63) is 63.1 Å². The predicted molar refractivity (Wildman–Crippen MR) is 118 cm³/mol. The maximum Gasteiger partial charge on any atom is 0.338 e. The Labute approximate surface area is 198 Å². The summed E-state index contributed by atoms with van der Waals surface area (Å²) >= 11 is 11.8. The second-order valence-electron chi connectivity index (χ2n) is 7.25. The van der Waals surface area contributed by atoms with Crippen LogP contribution in [0.25, 0.3) is 0 Å². The summed E-state index contributed by atoms with van der Waals surface area (Å²) in [6.45, 7) is 2.14. The molecule has 1 aliphatic rings. The van der Waals surface area contributed by atoms with Crippen molar-refractivity contribution in [2.45, 2.75) is 20.0 Å². The first-order valence-electron chi connectivity index (χ1n) is 9.68. The van der Waals surface area contributed by atoms with Crippen LogP contribution in [0, 0.1) is 0 Å². The summed E-state index contributed by atoms with van der Waals surface area (Å²) in [6, 6.07) is 8.45. The molecule has 2 aromatic carbocycles. The molecule has 1 N–H and O–H groups in total. The summed E-state index contributed by atoms with van der Waals surface area (Å²) in [5.74, 6) is -3.53. The van der Waals surface area contributed by atoms with Gasteiger partial charge in [-0.05, 0) is 50.2 Å². The molecule has 0 aromatic heterocycles. The number of anilines is 1. The number of ether oxygens (including phenoxy) is 2. The zero-order chi connectivity index (χ0) is 24.3. The van der Waals surface area contributed by atoms with Crippen molar-refractivity contribution in [1.82, 2.24) is 4.90 Å². The smallest absolute Gasteiger partial charge is 0.338 e. The van der Waals surface area contributed by atoms with Gasteiger partial charge in [0.2, 0.25) is 0 Å². The van der Waals surface area contributed by atoms with E-state index >= 15 is 0 Å². The lowest BCUT2D eigenvalue weighted by molar-refractivity contribution is -0.147. The van der Waals surface area contributed by atoms with Crippen molar-refractivity contribution in [1.29, 1.82) is 0 Å². The maximum atomic E-state index is 12.4. The zero-order valence-corrected chi connectivity index (χ0v) is 19.0. The zero-order valence-electron chi connectivity index (χ0n) is 17.5. The van der Waals surface area contributed by atoms with E-state index in [1.54, 1.807) is 13.8 Å². The lowest BCUT2D eigenvalue weighted by atomic mass is 10.1. The fourth-order valence-electron chi connectivity index (χ4n) is 2.92. The normalized spacial score (nSPS) is 12.6. The summed E-state index contributed by atoms with van der Waals surface area (Å²) in [5, 5.41) is 2.70. The van der Waals surface area contributed by atoms with E-state index in [0.29, 0.717) is 16.2 Å². The Kier molecular flexibility index (Phi) is 7.35. The summed E-state index contributed by atoms with van der Waals surface area (Å²) < 4.78 is 9.94. The Balaban J connectivity index is 1.51. The van der Waals surface area contributed by atoms with Gasteiger partial charge in [0.1, 0.15) is 6.54 Å². The molecule has 3 amide bonds. The predicted octanol–water partition coefficient (Wildman–Crippen LogP) is 3.34. The number of nitrogens with one attached hydrogen (secondary N) is 1. The van der Waals surface area contributed by atoms with Crippen molar-refractivity contribution in [2.24, 2.45) is 0 Å². The van der Waals surface area contributed by atoms with Crippen molar-refractivity contribution in [2.75, 3.05) is 18.5 Å². The molecule has 0 bridgehead atoms. The summed E-state index contributed by atoms with van der Waals surface area (Å²) in [4.78, 5) is 61.5. The number of fused-ring (bicyclic) bond motifs is 1. The molecule has 0 fully saturated rings. The number of carbonyl (C=O) groups excluding carboxylic acids is 5. The Morgan fingerprint density at radius 2 is 1.52 bits per heavy atom. The monoisotopic (exact) mass is 492 g/mol. The Morgan fingerprint density at radius 3 is 2.03 bits per heavy atom. The van der Waals surface area contributed by atoms with Gasteiger partial charge in [0.25, 0.3) is 17.7 Å². The second kappa shape index (κ2) is 10.0. The minimum atomic E-state index is -0.955. The van der Waals surface area contributed by atoms with Gasteiger partial charge in [-0.3, -0.25) is 24.1 Å². The highest BCUT2D eigenvalue weighted by Crippen LogP contribution is 2.31. The van der Waals surface area contributed by atoms with Gasteiger partial charge in [0.05, 0.1) is 32.8 Å². The minimum absolute atomic E-state index is 0.0284. The van der Waals surface area contributed by atoms with Crippen LogP contribution < -0.4 is 5.32 Å². The number of halogens is 2. The summed E-state index contributed by atoms with van der Waals surface area (Å²) in [6.07, 6.45) is -0.262. The van der Waals surface area contributed by atoms with Gasteiger partial charge in [-0.2, -0.15) is 0 Å². The summed E-state index contributed by atoms with van der Waals surface area (Å²) in [5.41, 5.74) is 0.740. The molecule has 9 nitrogen and oxygen atoms in total. The molecule has 1 aliphatic heterocycles. The van der Waals surface area contributed by atoms with Crippen LogP contribution in [0.2, 0.25) is 10.0 Å². The molecule has 2 aromatic rings. The first kappa shape index (κ1) is 24.2. The van der Waals surface area contributed by atoms with Gasteiger partial charge < -0.3 is 14.8 Å². The van der Waals surface area contributed by atoms with Crippen molar-refractivity contribution in [3.8, 4) is 0 Å².